The Kier molecular flexibility index (Phi) is 5.78. The van der Waals surface area contributed by atoms with Gasteiger partial charge in [0.05, 0.1) is 5.56 Å². The van der Waals surface area contributed by atoms with Crippen LogP contribution in [0.15, 0.2) is 36.4 Å². The van der Waals surface area contributed by atoms with E-state index in [1.807, 2.05) is 32.0 Å². The maximum atomic E-state index is 13.9. The number of benzene rings is 2. The zero-order chi connectivity index (χ0) is 15.9. The van der Waals surface area contributed by atoms with Crippen LogP contribution in [0.1, 0.15) is 54.0 Å². The zero-order valence-corrected chi connectivity index (χ0v) is 13.7. The molecular weight excluding hydrogens is 271 g/mol. The molecule has 2 aromatic carbocycles. The second-order valence-corrected chi connectivity index (χ2v) is 5.84. The minimum atomic E-state index is -0.235. The van der Waals surface area contributed by atoms with Gasteiger partial charge in [0.15, 0.2) is 0 Å². The number of hydrogen-bond donors (Lipinski definition) is 0. The summed E-state index contributed by atoms with van der Waals surface area (Å²) >= 11 is 0. The SMILES string of the molecule is CCCCCc1ccc(C#Cc2c(C)cc(C)cc2F)cc1. The van der Waals surface area contributed by atoms with E-state index in [1.165, 1.54) is 30.9 Å². The van der Waals surface area contributed by atoms with E-state index in [0.29, 0.717) is 5.56 Å². The van der Waals surface area contributed by atoms with Crippen molar-refractivity contribution in [2.24, 2.45) is 0 Å². The average Bonchev–Trinajstić information content (AvgIpc) is 2.48. The normalized spacial score (nSPS) is 10.2. The Labute approximate surface area is 133 Å². The largest absolute Gasteiger partial charge is 0.206 e. The minimum absolute atomic E-state index is 0.235. The van der Waals surface area contributed by atoms with Crippen molar-refractivity contribution in [2.45, 2.75) is 46.5 Å². The fraction of sp³-hybridized carbons (Fsp3) is 0.333. The molecule has 0 saturated carbocycles. The summed E-state index contributed by atoms with van der Waals surface area (Å²) in [4.78, 5) is 0. The van der Waals surface area contributed by atoms with E-state index >= 15 is 0 Å². The summed E-state index contributed by atoms with van der Waals surface area (Å²) in [6, 6.07) is 11.8. The third-order valence-electron chi connectivity index (χ3n) is 3.79. The first kappa shape index (κ1) is 16.3. The van der Waals surface area contributed by atoms with Gasteiger partial charge in [0.25, 0.3) is 0 Å². The smallest absolute Gasteiger partial charge is 0.139 e. The number of unbranched alkanes of at least 4 members (excludes halogenated alkanes) is 2. The van der Waals surface area contributed by atoms with Crippen LogP contribution >= 0.6 is 0 Å². The van der Waals surface area contributed by atoms with Gasteiger partial charge in [-0.3, -0.25) is 0 Å². The molecule has 0 aliphatic rings. The monoisotopic (exact) mass is 294 g/mol. The minimum Gasteiger partial charge on any atom is -0.206 e. The van der Waals surface area contributed by atoms with Gasteiger partial charge < -0.3 is 0 Å². The lowest BCUT2D eigenvalue weighted by molar-refractivity contribution is 0.622. The predicted molar refractivity (Wildman–Crippen MR) is 91.5 cm³/mol. The molecule has 0 aromatic heterocycles. The van der Waals surface area contributed by atoms with E-state index in [2.05, 4.69) is 30.9 Å². The first-order valence-electron chi connectivity index (χ1n) is 7.98. The van der Waals surface area contributed by atoms with Crippen molar-refractivity contribution in [1.82, 2.24) is 0 Å². The Morgan fingerprint density at radius 2 is 1.68 bits per heavy atom. The second kappa shape index (κ2) is 7.80. The van der Waals surface area contributed by atoms with Gasteiger partial charge in [0.1, 0.15) is 5.82 Å². The van der Waals surface area contributed by atoms with E-state index in [1.54, 1.807) is 0 Å². The van der Waals surface area contributed by atoms with Crippen molar-refractivity contribution in [3.63, 3.8) is 0 Å². The highest BCUT2D eigenvalue weighted by Crippen LogP contribution is 2.15. The molecule has 22 heavy (non-hydrogen) atoms. The maximum absolute atomic E-state index is 13.9. The van der Waals surface area contributed by atoms with Crippen molar-refractivity contribution >= 4 is 0 Å². The molecule has 0 radical (unpaired) electrons. The molecule has 0 unspecified atom stereocenters. The molecular formula is C21H23F. The Hall–Kier alpha value is -2.07. The highest BCUT2D eigenvalue weighted by atomic mass is 19.1. The molecule has 0 aliphatic carbocycles. The summed E-state index contributed by atoms with van der Waals surface area (Å²) in [6.45, 7) is 6.01. The van der Waals surface area contributed by atoms with Gasteiger partial charge in [0.2, 0.25) is 0 Å². The summed E-state index contributed by atoms with van der Waals surface area (Å²) < 4.78 is 13.9. The number of aryl methyl sites for hydroxylation is 3. The molecule has 0 amide bonds. The van der Waals surface area contributed by atoms with Crippen molar-refractivity contribution in [3.05, 3.63) is 70.0 Å². The highest BCUT2D eigenvalue weighted by Gasteiger charge is 2.03. The average molecular weight is 294 g/mol. The molecule has 2 rings (SSSR count). The number of hydrogen-bond acceptors (Lipinski definition) is 0. The molecule has 2 aromatic rings. The molecule has 1 heteroatoms. The fourth-order valence-corrected chi connectivity index (χ4v) is 2.54. The van der Waals surface area contributed by atoms with Gasteiger partial charge in [-0.05, 0) is 61.6 Å². The van der Waals surface area contributed by atoms with Crippen molar-refractivity contribution in [1.29, 1.82) is 0 Å². The van der Waals surface area contributed by atoms with Gasteiger partial charge in [-0.25, -0.2) is 4.39 Å². The van der Waals surface area contributed by atoms with E-state index in [-0.39, 0.29) is 5.82 Å². The Bertz CT molecular complexity index is 661. The third-order valence-corrected chi connectivity index (χ3v) is 3.79. The molecule has 0 bridgehead atoms. The second-order valence-electron chi connectivity index (χ2n) is 5.84. The molecule has 114 valence electrons. The molecule has 0 atom stereocenters. The highest BCUT2D eigenvalue weighted by molar-refractivity contribution is 5.48. The van der Waals surface area contributed by atoms with Crippen molar-refractivity contribution < 1.29 is 4.39 Å². The lowest BCUT2D eigenvalue weighted by atomic mass is 10.0. The van der Waals surface area contributed by atoms with Gasteiger partial charge in [-0.2, -0.15) is 0 Å². The standard InChI is InChI=1S/C21H23F/c1-4-5-6-7-18-8-10-19(11-9-18)12-13-20-17(3)14-16(2)15-21(20)22/h8-11,14-15H,4-7H2,1-3H3. The first-order valence-corrected chi connectivity index (χ1v) is 7.98. The summed E-state index contributed by atoms with van der Waals surface area (Å²) in [7, 11) is 0. The van der Waals surface area contributed by atoms with Crippen LogP contribution in [-0.2, 0) is 6.42 Å². The van der Waals surface area contributed by atoms with Gasteiger partial charge >= 0.3 is 0 Å². The lowest BCUT2D eigenvalue weighted by Gasteiger charge is -2.02. The topological polar surface area (TPSA) is 0 Å². The number of rotatable bonds is 4. The van der Waals surface area contributed by atoms with Crippen LogP contribution in [0.25, 0.3) is 0 Å². The summed E-state index contributed by atoms with van der Waals surface area (Å²) in [5.74, 6) is 5.80. The van der Waals surface area contributed by atoms with E-state index < -0.39 is 0 Å². The van der Waals surface area contributed by atoms with Crippen LogP contribution in [0.3, 0.4) is 0 Å². The summed E-state index contributed by atoms with van der Waals surface area (Å²) in [5.41, 5.74) is 4.59. The lowest BCUT2D eigenvalue weighted by Crippen LogP contribution is -1.91. The van der Waals surface area contributed by atoms with Crippen LogP contribution in [0, 0.1) is 31.5 Å². The van der Waals surface area contributed by atoms with Crippen LogP contribution in [0.2, 0.25) is 0 Å². The molecule has 0 nitrogen and oxygen atoms in total. The van der Waals surface area contributed by atoms with Crippen LogP contribution < -0.4 is 0 Å². The van der Waals surface area contributed by atoms with E-state index in [0.717, 1.165) is 23.1 Å². The Morgan fingerprint density at radius 3 is 2.32 bits per heavy atom. The molecule has 0 saturated heterocycles. The maximum Gasteiger partial charge on any atom is 0.139 e. The predicted octanol–water partition coefficient (Wildman–Crippen LogP) is 5.58. The van der Waals surface area contributed by atoms with E-state index in [4.69, 9.17) is 0 Å². The number of halogens is 1. The molecule has 0 aliphatic heterocycles. The van der Waals surface area contributed by atoms with E-state index in [9.17, 15) is 4.39 Å². The molecule has 0 spiro atoms. The summed E-state index contributed by atoms with van der Waals surface area (Å²) in [5, 5.41) is 0. The molecule has 0 fully saturated rings. The Morgan fingerprint density at radius 1 is 0.955 bits per heavy atom. The molecule has 0 N–H and O–H groups in total. The zero-order valence-electron chi connectivity index (χ0n) is 13.7. The first-order chi connectivity index (χ1) is 10.6. The van der Waals surface area contributed by atoms with Crippen LogP contribution in [0.5, 0.6) is 0 Å². The van der Waals surface area contributed by atoms with Gasteiger partial charge in [0, 0.05) is 5.56 Å². The fourth-order valence-electron chi connectivity index (χ4n) is 2.54. The summed E-state index contributed by atoms with van der Waals surface area (Å²) in [6.07, 6.45) is 4.86. The molecule has 0 heterocycles. The van der Waals surface area contributed by atoms with Crippen molar-refractivity contribution in [2.75, 3.05) is 0 Å². The third kappa shape index (κ3) is 4.46. The van der Waals surface area contributed by atoms with Crippen LogP contribution in [0.4, 0.5) is 4.39 Å². The van der Waals surface area contributed by atoms with Gasteiger partial charge in [-0.1, -0.05) is 49.8 Å². The van der Waals surface area contributed by atoms with Crippen molar-refractivity contribution in [3.8, 4) is 11.8 Å². The van der Waals surface area contributed by atoms with Crippen LogP contribution in [-0.4, -0.2) is 0 Å². The Balaban J connectivity index is 2.12. The van der Waals surface area contributed by atoms with Gasteiger partial charge in [-0.15, -0.1) is 0 Å². The quantitative estimate of drug-likeness (QED) is 0.510.